The Balaban J connectivity index is 1.46. The molecule has 0 bridgehead atoms. The number of aromatic nitrogens is 2. The lowest BCUT2D eigenvalue weighted by Crippen LogP contribution is -2.48. The molecular formula is C10H15N3O. The molecule has 14 heavy (non-hydrogen) atoms. The van der Waals surface area contributed by atoms with Gasteiger partial charge in [0.2, 0.25) is 12.3 Å². The van der Waals surface area contributed by atoms with Gasteiger partial charge >= 0.3 is 0 Å². The molecule has 2 fully saturated rings. The van der Waals surface area contributed by atoms with Crippen molar-refractivity contribution in [2.45, 2.75) is 25.2 Å². The van der Waals surface area contributed by atoms with Gasteiger partial charge in [-0.25, -0.2) is 0 Å². The van der Waals surface area contributed by atoms with Gasteiger partial charge in [-0.3, -0.25) is 0 Å². The minimum atomic E-state index is 0.498. The van der Waals surface area contributed by atoms with Crippen molar-refractivity contribution in [3.63, 3.8) is 0 Å². The van der Waals surface area contributed by atoms with Gasteiger partial charge in [0.1, 0.15) is 0 Å². The summed E-state index contributed by atoms with van der Waals surface area (Å²) < 4.78 is 5.18. The second-order valence-corrected chi connectivity index (χ2v) is 4.49. The van der Waals surface area contributed by atoms with Crippen molar-refractivity contribution >= 4 is 0 Å². The summed E-state index contributed by atoms with van der Waals surface area (Å²) in [5.41, 5.74) is 0. The fraction of sp³-hybridized carbons (Fsp3) is 0.800. The second-order valence-electron chi connectivity index (χ2n) is 4.49. The summed E-state index contributed by atoms with van der Waals surface area (Å²) in [5.74, 6) is 2.28. The van der Waals surface area contributed by atoms with Crippen LogP contribution in [0.2, 0.25) is 0 Å². The molecular weight excluding hydrogens is 178 g/mol. The van der Waals surface area contributed by atoms with E-state index in [2.05, 4.69) is 15.1 Å². The van der Waals surface area contributed by atoms with Crippen LogP contribution in [0, 0.1) is 5.92 Å². The number of likely N-dealkylation sites (tertiary alicyclic amines) is 1. The molecule has 0 radical (unpaired) electrons. The van der Waals surface area contributed by atoms with Crippen molar-refractivity contribution in [3.8, 4) is 0 Å². The summed E-state index contributed by atoms with van der Waals surface area (Å²) in [6.07, 6.45) is 5.72. The predicted octanol–water partition coefficient (Wildman–Crippen LogP) is 1.27. The number of nitrogens with zero attached hydrogens (tertiary/aromatic N) is 3. The van der Waals surface area contributed by atoms with Gasteiger partial charge in [0.15, 0.2) is 0 Å². The standard InChI is InChI=1S/C10H15N3O/c1-2-8(3-1)4-13-5-9(6-13)10-12-11-7-14-10/h7-9H,1-6H2. The lowest BCUT2D eigenvalue weighted by Gasteiger charge is -2.41. The number of hydrogen-bond acceptors (Lipinski definition) is 4. The Labute approximate surface area is 83.3 Å². The Bertz CT molecular complexity index is 288. The van der Waals surface area contributed by atoms with E-state index in [1.54, 1.807) is 0 Å². The van der Waals surface area contributed by atoms with E-state index < -0.39 is 0 Å². The predicted molar refractivity (Wildman–Crippen MR) is 50.8 cm³/mol. The Hall–Kier alpha value is -0.900. The molecule has 4 nitrogen and oxygen atoms in total. The van der Waals surface area contributed by atoms with Gasteiger partial charge in [0.05, 0.1) is 5.92 Å². The van der Waals surface area contributed by atoms with Crippen molar-refractivity contribution in [2.24, 2.45) is 5.92 Å². The first-order valence-electron chi connectivity index (χ1n) is 5.40. The smallest absolute Gasteiger partial charge is 0.221 e. The minimum absolute atomic E-state index is 0.498. The Morgan fingerprint density at radius 3 is 2.86 bits per heavy atom. The lowest BCUT2D eigenvalue weighted by atomic mass is 9.84. The minimum Gasteiger partial charge on any atom is -0.428 e. The third-order valence-electron chi connectivity index (χ3n) is 3.42. The van der Waals surface area contributed by atoms with E-state index in [9.17, 15) is 0 Å². The quantitative estimate of drug-likeness (QED) is 0.725. The monoisotopic (exact) mass is 193 g/mol. The van der Waals surface area contributed by atoms with Crippen molar-refractivity contribution < 1.29 is 4.42 Å². The highest BCUT2D eigenvalue weighted by Crippen LogP contribution is 2.31. The Morgan fingerprint density at radius 1 is 1.43 bits per heavy atom. The van der Waals surface area contributed by atoms with Gasteiger partial charge in [0, 0.05) is 19.6 Å². The molecule has 1 aliphatic carbocycles. The maximum atomic E-state index is 5.18. The van der Waals surface area contributed by atoms with E-state index in [0.29, 0.717) is 5.92 Å². The van der Waals surface area contributed by atoms with Crippen LogP contribution in [0.1, 0.15) is 31.1 Å². The molecule has 0 N–H and O–H groups in total. The van der Waals surface area contributed by atoms with Crippen LogP contribution in [0.25, 0.3) is 0 Å². The van der Waals surface area contributed by atoms with Crippen LogP contribution in [-0.2, 0) is 0 Å². The molecule has 2 aliphatic rings. The van der Waals surface area contributed by atoms with E-state index in [1.807, 2.05) is 0 Å². The van der Waals surface area contributed by atoms with Crippen LogP contribution < -0.4 is 0 Å². The highest BCUT2D eigenvalue weighted by atomic mass is 16.4. The third-order valence-corrected chi connectivity index (χ3v) is 3.42. The van der Waals surface area contributed by atoms with Gasteiger partial charge < -0.3 is 9.32 Å². The average molecular weight is 193 g/mol. The topological polar surface area (TPSA) is 42.2 Å². The Morgan fingerprint density at radius 2 is 2.29 bits per heavy atom. The van der Waals surface area contributed by atoms with Crippen LogP contribution >= 0.6 is 0 Å². The summed E-state index contributed by atoms with van der Waals surface area (Å²) in [6, 6.07) is 0. The van der Waals surface area contributed by atoms with Crippen molar-refractivity contribution in [3.05, 3.63) is 12.3 Å². The van der Waals surface area contributed by atoms with E-state index >= 15 is 0 Å². The van der Waals surface area contributed by atoms with Crippen LogP contribution in [0.4, 0.5) is 0 Å². The zero-order valence-electron chi connectivity index (χ0n) is 8.22. The maximum Gasteiger partial charge on any atom is 0.221 e. The van der Waals surface area contributed by atoms with Gasteiger partial charge in [-0.2, -0.15) is 0 Å². The summed E-state index contributed by atoms with van der Waals surface area (Å²) in [7, 11) is 0. The van der Waals surface area contributed by atoms with E-state index in [-0.39, 0.29) is 0 Å². The van der Waals surface area contributed by atoms with Crippen molar-refractivity contribution in [1.82, 2.24) is 15.1 Å². The summed E-state index contributed by atoms with van der Waals surface area (Å²) in [5, 5.41) is 7.65. The highest BCUT2D eigenvalue weighted by Gasteiger charge is 2.33. The first-order valence-corrected chi connectivity index (χ1v) is 5.40. The third kappa shape index (κ3) is 1.43. The molecule has 0 unspecified atom stereocenters. The van der Waals surface area contributed by atoms with Crippen molar-refractivity contribution in [1.29, 1.82) is 0 Å². The van der Waals surface area contributed by atoms with Gasteiger partial charge in [0.25, 0.3) is 0 Å². The normalized spacial score (nSPS) is 24.6. The largest absolute Gasteiger partial charge is 0.428 e. The average Bonchev–Trinajstić information content (AvgIpc) is 2.50. The molecule has 0 atom stereocenters. The molecule has 0 spiro atoms. The Kier molecular flexibility index (Phi) is 2.01. The van der Waals surface area contributed by atoms with Crippen LogP contribution in [0.3, 0.4) is 0 Å². The van der Waals surface area contributed by atoms with Gasteiger partial charge in [-0.05, 0) is 18.8 Å². The fourth-order valence-corrected chi connectivity index (χ4v) is 2.28. The first-order chi connectivity index (χ1) is 6.92. The molecule has 1 aliphatic heterocycles. The summed E-state index contributed by atoms with van der Waals surface area (Å²) in [6.45, 7) is 3.50. The zero-order chi connectivity index (χ0) is 9.38. The number of hydrogen-bond donors (Lipinski definition) is 0. The highest BCUT2D eigenvalue weighted by molar-refractivity contribution is 4.99. The molecule has 1 aromatic rings. The molecule has 0 amide bonds. The van der Waals surface area contributed by atoms with E-state index in [0.717, 1.165) is 24.9 Å². The maximum absolute atomic E-state index is 5.18. The molecule has 4 heteroatoms. The molecule has 1 saturated carbocycles. The van der Waals surface area contributed by atoms with Gasteiger partial charge in [-0.1, -0.05) is 6.42 Å². The lowest BCUT2D eigenvalue weighted by molar-refractivity contribution is 0.0872. The van der Waals surface area contributed by atoms with E-state index in [1.165, 1.54) is 32.2 Å². The molecule has 1 aromatic heterocycles. The first kappa shape index (κ1) is 8.41. The molecule has 76 valence electrons. The summed E-state index contributed by atoms with van der Waals surface area (Å²) in [4.78, 5) is 2.50. The number of rotatable bonds is 3. The molecule has 0 aromatic carbocycles. The molecule has 2 heterocycles. The SMILES string of the molecule is c1nnc(C2CN(CC3CCC3)C2)o1. The molecule has 3 rings (SSSR count). The van der Waals surface area contributed by atoms with Gasteiger partial charge in [-0.15, -0.1) is 10.2 Å². The second kappa shape index (κ2) is 3.35. The summed E-state index contributed by atoms with van der Waals surface area (Å²) >= 11 is 0. The van der Waals surface area contributed by atoms with Crippen LogP contribution in [0.5, 0.6) is 0 Å². The van der Waals surface area contributed by atoms with E-state index in [4.69, 9.17) is 4.42 Å². The van der Waals surface area contributed by atoms with Crippen molar-refractivity contribution in [2.75, 3.05) is 19.6 Å². The fourth-order valence-electron chi connectivity index (χ4n) is 2.28. The van der Waals surface area contributed by atoms with Crippen LogP contribution in [0.15, 0.2) is 10.8 Å². The van der Waals surface area contributed by atoms with Crippen LogP contribution in [-0.4, -0.2) is 34.7 Å². The zero-order valence-corrected chi connectivity index (χ0v) is 8.22. The molecule has 1 saturated heterocycles.